The minimum absolute atomic E-state index is 0.0715. The van der Waals surface area contributed by atoms with Gasteiger partial charge in [0.25, 0.3) is 5.91 Å². The average Bonchev–Trinajstić information content (AvgIpc) is 2.77. The molecule has 34 heavy (non-hydrogen) atoms. The monoisotopic (exact) mass is 478 g/mol. The van der Waals surface area contributed by atoms with Gasteiger partial charge in [-0.05, 0) is 80.1 Å². The van der Waals surface area contributed by atoms with E-state index in [2.05, 4.69) is 44.3 Å². The lowest BCUT2D eigenvalue weighted by atomic mass is 9.97. The van der Waals surface area contributed by atoms with Crippen molar-refractivity contribution in [1.82, 2.24) is 5.32 Å². The molecule has 6 heteroatoms. The predicted molar refractivity (Wildman–Crippen MR) is 140 cm³/mol. The average molecular weight is 479 g/mol. The Morgan fingerprint density at radius 3 is 2.09 bits per heavy atom. The molecule has 0 saturated heterocycles. The van der Waals surface area contributed by atoms with Crippen molar-refractivity contribution in [2.75, 3.05) is 10.6 Å². The Kier molecular flexibility index (Phi) is 7.82. The number of anilines is 1. The van der Waals surface area contributed by atoms with Crippen molar-refractivity contribution in [3.63, 3.8) is 0 Å². The molecule has 3 rings (SSSR count). The fourth-order valence-electron chi connectivity index (χ4n) is 4.15. The van der Waals surface area contributed by atoms with Gasteiger partial charge in [-0.25, -0.2) is 8.42 Å². The van der Waals surface area contributed by atoms with Gasteiger partial charge in [0, 0.05) is 5.56 Å². The summed E-state index contributed by atoms with van der Waals surface area (Å²) in [6.07, 6.45) is 2.00. The van der Waals surface area contributed by atoms with Gasteiger partial charge in [-0.15, -0.1) is 0 Å². The minimum atomic E-state index is -3.48. The first-order valence-corrected chi connectivity index (χ1v) is 13.4. The molecule has 0 aliphatic rings. The van der Waals surface area contributed by atoms with Gasteiger partial charge in [0.2, 0.25) is 10.0 Å². The number of hydrogen-bond acceptors (Lipinski definition) is 3. The summed E-state index contributed by atoms with van der Waals surface area (Å²) in [5, 5.41) is 3.14. The second-order valence-corrected chi connectivity index (χ2v) is 11.0. The fourth-order valence-corrected chi connectivity index (χ4v) is 5.09. The molecule has 0 unspecified atom stereocenters. The number of aryl methyl sites for hydroxylation is 4. The molecule has 0 aliphatic carbocycles. The number of hydrogen-bond donors (Lipinski definition) is 1. The van der Waals surface area contributed by atoms with E-state index in [4.69, 9.17) is 0 Å². The van der Waals surface area contributed by atoms with E-state index in [1.54, 1.807) is 12.1 Å². The Labute approximate surface area is 203 Å². The lowest BCUT2D eigenvalue weighted by molar-refractivity contribution is 0.0935. The normalized spacial score (nSPS) is 12.3. The zero-order chi connectivity index (χ0) is 25.0. The summed E-state index contributed by atoms with van der Waals surface area (Å²) in [6, 6.07) is 19.1. The van der Waals surface area contributed by atoms with Crippen molar-refractivity contribution >= 4 is 21.6 Å². The third-order valence-corrected chi connectivity index (χ3v) is 7.22. The number of amides is 1. The van der Waals surface area contributed by atoms with Crippen LogP contribution >= 0.6 is 0 Å². The maximum Gasteiger partial charge on any atom is 0.251 e. The van der Waals surface area contributed by atoms with Crippen LogP contribution in [0.4, 0.5) is 5.69 Å². The van der Waals surface area contributed by atoms with E-state index < -0.39 is 10.0 Å². The van der Waals surface area contributed by atoms with Crippen LogP contribution in [0.3, 0.4) is 0 Å². The minimum Gasteiger partial charge on any atom is -0.345 e. The number of carbonyl (C=O) groups excluding carboxylic acids is 1. The number of nitrogens with zero attached hydrogens (tertiary/aromatic N) is 1. The molecular formula is C28H34N2O3S. The molecule has 0 aliphatic heterocycles. The first-order valence-electron chi connectivity index (χ1n) is 11.5. The molecule has 0 aromatic heterocycles. The summed E-state index contributed by atoms with van der Waals surface area (Å²) in [4.78, 5) is 12.9. The highest BCUT2D eigenvalue weighted by Gasteiger charge is 2.21. The van der Waals surface area contributed by atoms with Gasteiger partial charge in [-0.3, -0.25) is 9.10 Å². The van der Waals surface area contributed by atoms with E-state index in [1.807, 2.05) is 44.2 Å². The van der Waals surface area contributed by atoms with E-state index >= 15 is 0 Å². The Bertz CT molecular complexity index is 1280. The van der Waals surface area contributed by atoms with Gasteiger partial charge >= 0.3 is 0 Å². The van der Waals surface area contributed by atoms with Gasteiger partial charge in [0.1, 0.15) is 0 Å². The highest BCUT2D eigenvalue weighted by molar-refractivity contribution is 7.92. The molecule has 3 aromatic carbocycles. The van der Waals surface area contributed by atoms with Gasteiger partial charge in [-0.1, -0.05) is 55.0 Å². The third kappa shape index (κ3) is 6.06. The van der Waals surface area contributed by atoms with Crippen LogP contribution in [0.1, 0.15) is 63.1 Å². The molecule has 0 heterocycles. The SMILES string of the molecule is CC[C@H](NC(=O)c1ccc(CN(c2cc(C)ccc2C)S(C)(=O)=O)cc1)c1ccc(C)cc1C. The van der Waals surface area contributed by atoms with Crippen LogP contribution in [0.25, 0.3) is 0 Å². The molecule has 1 atom stereocenters. The smallest absolute Gasteiger partial charge is 0.251 e. The van der Waals surface area contributed by atoms with Crippen LogP contribution in [0, 0.1) is 27.7 Å². The van der Waals surface area contributed by atoms with Crippen molar-refractivity contribution in [3.05, 3.63) is 99.6 Å². The maximum atomic E-state index is 12.9. The van der Waals surface area contributed by atoms with Crippen LogP contribution in [-0.4, -0.2) is 20.6 Å². The number of sulfonamides is 1. The van der Waals surface area contributed by atoms with Gasteiger partial charge in [-0.2, -0.15) is 0 Å². The van der Waals surface area contributed by atoms with Crippen molar-refractivity contribution < 1.29 is 13.2 Å². The van der Waals surface area contributed by atoms with Crippen LogP contribution in [-0.2, 0) is 16.6 Å². The second-order valence-electron chi connectivity index (χ2n) is 9.05. The van der Waals surface area contributed by atoms with Crippen molar-refractivity contribution in [2.24, 2.45) is 0 Å². The molecule has 5 nitrogen and oxygen atoms in total. The summed E-state index contributed by atoms with van der Waals surface area (Å²) >= 11 is 0. The van der Waals surface area contributed by atoms with E-state index in [1.165, 1.54) is 16.1 Å². The first-order chi connectivity index (χ1) is 16.0. The summed E-state index contributed by atoms with van der Waals surface area (Å²) in [6.45, 7) is 10.2. The van der Waals surface area contributed by atoms with Crippen LogP contribution in [0.15, 0.2) is 60.7 Å². The summed E-state index contributed by atoms with van der Waals surface area (Å²) in [5.74, 6) is -0.145. The first kappa shape index (κ1) is 25.5. The molecule has 3 aromatic rings. The maximum absolute atomic E-state index is 12.9. The lowest BCUT2D eigenvalue weighted by Gasteiger charge is -2.25. The summed E-state index contributed by atoms with van der Waals surface area (Å²) in [7, 11) is -3.48. The number of rotatable bonds is 8. The van der Waals surface area contributed by atoms with E-state index in [9.17, 15) is 13.2 Å². The van der Waals surface area contributed by atoms with Gasteiger partial charge < -0.3 is 5.32 Å². The lowest BCUT2D eigenvalue weighted by Crippen LogP contribution is -2.30. The molecule has 180 valence electrons. The van der Waals surface area contributed by atoms with Crippen LogP contribution in [0.5, 0.6) is 0 Å². The highest BCUT2D eigenvalue weighted by atomic mass is 32.2. The Morgan fingerprint density at radius 2 is 1.50 bits per heavy atom. The number of carbonyl (C=O) groups is 1. The topological polar surface area (TPSA) is 66.5 Å². The Hall–Kier alpha value is -3.12. The fraction of sp³-hybridized carbons (Fsp3) is 0.321. The number of nitrogens with one attached hydrogen (secondary N) is 1. The molecule has 0 spiro atoms. The molecule has 0 saturated carbocycles. The highest BCUT2D eigenvalue weighted by Crippen LogP contribution is 2.26. The quantitative estimate of drug-likeness (QED) is 0.447. The standard InChI is InChI=1S/C28H34N2O3S/c1-7-26(25-15-9-19(2)16-22(25)5)29-28(31)24-13-11-23(12-14-24)18-30(34(6,32)33)27-17-20(3)8-10-21(27)4/h8-17,26H,7,18H2,1-6H3,(H,29,31)/t26-/m0/s1. The Balaban J connectivity index is 1.79. The summed E-state index contributed by atoms with van der Waals surface area (Å²) < 4.78 is 26.6. The molecule has 1 N–H and O–H groups in total. The van der Waals surface area contributed by atoms with Crippen molar-refractivity contribution in [2.45, 2.75) is 53.6 Å². The van der Waals surface area contributed by atoms with Crippen LogP contribution < -0.4 is 9.62 Å². The summed E-state index contributed by atoms with van der Waals surface area (Å²) in [5.41, 5.74) is 7.39. The number of benzene rings is 3. The van der Waals surface area contributed by atoms with Gasteiger partial charge in [0.05, 0.1) is 24.5 Å². The van der Waals surface area contributed by atoms with E-state index in [-0.39, 0.29) is 18.5 Å². The second kappa shape index (κ2) is 10.4. The van der Waals surface area contributed by atoms with Crippen molar-refractivity contribution in [1.29, 1.82) is 0 Å². The largest absolute Gasteiger partial charge is 0.345 e. The molecule has 1 amide bonds. The predicted octanol–water partition coefficient (Wildman–Crippen LogP) is 5.77. The van der Waals surface area contributed by atoms with Gasteiger partial charge in [0.15, 0.2) is 0 Å². The van der Waals surface area contributed by atoms with E-state index in [0.717, 1.165) is 34.2 Å². The molecule has 0 fully saturated rings. The van der Waals surface area contributed by atoms with Crippen molar-refractivity contribution in [3.8, 4) is 0 Å². The molecule has 0 bridgehead atoms. The molecule has 0 radical (unpaired) electrons. The van der Waals surface area contributed by atoms with E-state index in [0.29, 0.717) is 11.3 Å². The zero-order valence-corrected chi connectivity index (χ0v) is 21.7. The molecular weight excluding hydrogens is 444 g/mol. The zero-order valence-electron chi connectivity index (χ0n) is 20.8. The van der Waals surface area contributed by atoms with Crippen LogP contribution in [0.2, 0.25) is 0 Å². The third-order valence-electron chi connectivity index (χ3n) is 6.09. The Morgan fingerprint density at radius 1 is 0.882 bits per heavy atom.